The molecule has 0 radical (unpaired) electrons. The second kappa shape index (κ2) is 7.47. The first-order valence-corrected chi connectivity index (χ1v) is 7.33. The molecule has 0 aliphatic carbocycles. The Hall–Kier alpha value is -2.30. The first kappa shape index (κ1) is 15.1. The third-order valence-corrected chi connectivity index (χ3v) is 3.51. The van der Waals surface area contributed by atoms with Crippen molar-refractivity contribution in [3.8, 4) is 0 Å². The van der Waals surface area contributed by atoms with Crippen molar-refractivity contribution in [2.24, 2.45) is 10.7 Å². The van der Waals surface area contributed by atoms with E-state index >= 15 is 0 Å². The van der Waals surface area contributed by atoms with E-state index in [1.54, 1.807) is 6.20 Å². The molecule has 2 rings (SSSR count). The van der Waals surface area contributed by atoms with Gasteiger partial charge >= 0.3 is 0 Å². The summed E-state index contributed by atoms with van der Waals surface area (Å²) in [6.07, 6.45) is 3.75. The summed E-state index contributed by atoms with van der Waals surface area (Å²) in [7, 11) is 0. The lowest BCUT2D eigenvalue weighted by Crippen LogP contribution is -2.37. The Balaban J connectivity index is 2.11. The summed E-state index contributed by atoms with van der Waals surface area (Å²) in [4.78, 5) is 6.57. The SMILES string of the molecule is CCN(CC)C(N)=NCc1ccccc1Cn1cccn1. The lowest BCUT2D eigenvalue weighted by atomic mass is 10.1. The number of guanidine groups is 1. The quantitative estimate of drug-likeness (QED) is 0.653. The van der Waals surface area contributed by atoms with Crippen molar-refractivity contribution in [1.82, 2.24) is 14.7 Å². The fraction of sp³-hybridized carbons (Fsp3) is 0.375. The van der Waals surface area contributed by atoms with Gasteiger partial charge in [-0.05, 0) is 31.0 Å². The molecule has 0 saturated carbocycles. The number of aliphatic imine (C=N–C) groups is 1. The van der Waals surface area contributed by atoms with Crippen LogP contribution in [0.2, 0.25) is 0 Å². The molecular weight excluding hydrogens is 262 g/mol. The van der Waals surface area contributed by atoms with E-state index in [0.717, 1.165) is 19.6 Å². The molecule has 0 saturated heterocycles. The molecule has 5 heteroatoms. The molecule has 2 aromatic rings. The number of hydrogen-bond acceptors (Lipinski definition) is 2. The monoisotopic (exact) mass is 285 g/mol. The van der Waals surface area contributed by atoms with Gasteiger partial charge in [-0.25, -0.2) is 4.99 Å². The number of nitrogens with two attached hydrogens (primary N) is 1. The lowest BCUT2D eigenvalue weighted by Gasteiger charge is -2.19. The van der Waals surface area contributed by atoms with Crippen molar-refractivity contribution in [3.05, 3.63) is 53.9 Å². The molecule has 0 unspecified atom stereocenters. The fourth-order valence-corrected chi connectivity index (χ4v) is 2.25. The van der Waals surface area contributed by atoms with Gasteiger partial charge < -0.3 is 10.6 Å². The highest BCUT2D eigenvalue weighted by Gasteiger charge is 2.05. The minimum absolute atomic E-state index is 0.597. The van der Waals surface area contributed by atoms with Crippen LogP contribution in [-0.2, 0) is 13.1 Å². The van der Waals surface area contributed by atoms with Crippen molar-refractivity contribution >= 4 is 5.96 Å². The van der Waals surface area contributed by atoms with E-state index in [1.807, 2.05) is 29.1 Å². The van der Waals surface area contributed by atoms with Gasteiger partial charge in [0.15, 0.2) is 5.96 Å². The number of hydrogen-bond donors (Lipinski definition) is 1. The van der Waals surface area contributed by atoms with E-state index in [-0.39, 0.29) is 0 Å². The molecule has 2 N–H and O–H groups in total. The van der Waals surface area contributed by atoms with Gasteiger partial charge in [0.1, 0.15) is 0 Å². The maximum absolute atomic E-state index is 6.03. The molecule has 0 amide bonds. The van der Waals surface area contributed by atoms with Crippen LogP contribution in [0.25, 0.3) is 0 Å². The van der Waals surface area contributed by atoms with Crippen LogP contribution in [0, 0.1) is 0 Å². The summed E-state index contributed by atoms with van der Waals surface area (Å²) in [5, 5.41) is 4.25. The largest absolute Gasteiger partial charge is 0.370 e. The highest BCUT2D eigenvalue weighted by molar-refractivity contribution is 5.78. The summed E-state index contributed by atoms with van der Waals surface area (Å²) in [6.45, 7) is 7.26. The standard InChI is InChI=1S/C16H23N5/c1-3-20(4-2)16(17)18-12-14-8-5-6-9-15(14)13-21-11-7-10-19-21/h5-11H,3-4,12-13H2,1-2H3,(H2,17,18). The number of aromatic nitrogens is 2. The first-order chi connectivity index (χ1) is 10.2. The Morgan fingerprint density at radius 1 is 1.19 bits per heavy atom. The van der Waals surface area contributed by atoms with E-state index < -0.39 is 0 Å². The van der Waals surface area contributed by atoms with Crippen LogP contribution >= 0.6 is 0 Å². The molecule has 1 heterocycles. The molecule has 112 valence electrons. The Kier molecular flexibility index (Phi) is 5.37. The van der Waals surface area contributed by atoms with Gasteiger partial charge in [0.25, 0.3) is 0 Å². The zero-order valence-corrected chi connectivity index (χ0v) is 12.7. The number of nitrogens with zero attached hydrogens (tertiary/aromatic N) is 4. The Bertz CT molecular complexity index is 570. The highest BCUT2D eigenvalue weighted by Crippen LogP contribution is 2.11. The normalized spacial score (nSPS) is 11.6. The maximum atomic E-state index is 6.03. The minimum atomic E-state index is 0.597. The van der Waals surface area contributed by atoms with Crippen LogP contribution in [0.4, 0.5) is 0 Å². The molecule has 1 aromatic carbocycles. The molecular formula is C16H23N5. The van der Waals surface area contributed by atoms with Gasteiger partial charge in [0.2, 0.25) is 0 Å². The summed E-state index contributed by atoms with van der Waals surface area (Å²) in [6, 6.07) is 10.2. The smallest absolute Gasteiger partial charge is 0.191 e. The van der Waals surface area contributed by atoms with E-state index in [1.165, 1.54) is 11.1 Å². The molecule has 0 aliphatic rings. The Labute approximate surface area is 126 Å². The zero-order chi connectivity index (χ0) is 15.1. The third kappa shape index (κ3) is 4.08. The van der Waals surface area contributed by atoms with E-state index in [0.29, 0.717) is 12.5 Å². The number of benzene rings is 1. The van der Waals surface area contributed by atoms with Gasteiger partial charge in [-0.15, -0.1) is 0 Å². The molecule has 1 aromatic heterocycles. The van der Waals surface area contributed by atoms with Gasteiger partial charge in [-0.3, -0.25) is 4.68 Å². The molecule has 0 atom stereocenters. The summed E-state index contributed by atoms with van der Waals surface area (Å²) in [5.41, 5.74) is 8.43. The second-order valence-corrected chi connectivity index (χ2v) is 4.82. The van der Waals surface area contributed by atoms with Gasteiger partial charge in [-0.2, -0.15) is 5.10 Å². The summed E-state index contributed by atoms with van der Waals surface area (Å²) in [5.74, 6) is 0.605. The molecule has 0 bridgehead atoms. The van der Waals surface area contributed by atoms with Crippen molar-refractivity contribution < 1.29 is 0 Å². The molecule has 21 heavy (non-hydrogen) atoms. The number of rotatable bonds is 6. The Morgan fingerprint density at radius 2 is 1.90 bits per heavy atom. The average Bonchev–Trinajstić information content (AvgIpc) is 3.00. The van der Waals surface area contributed by atoms with E-state index in [9.17, 15) is 0 Å². The Morgan fingerprint density at radius 3 is 2.52 bits per heavy atom. The van der Waals surface area contributed by atoms with Crippen molar-refractivity contribution in [2.75, 3.05) is 13.1 Å². The second-order valence-electron chi connectivity index (χ2n) is 4.82. The van der Waals surface area contributed by atoms with Crippen LogP contribution in [0.15, 0.2) is 47.7 Å². The minimum Gasteiger partial charge on any atom is -0.370 e. The maximum Gasteiger partial charge on any atom is 0.191 e. The van der Waals surface area contributed by atoms with Crippen LogP contribution in [0.3, 0.4) is 0 Å². The van der Waals surface area contributed by atoms with Gasteiger partial charge in [0, 0.05) is 25.5 Å². The van der Waals surface area contributed by atoms with Crippen LogP contribution in [0.5, 0.6) is 0 Å². The van der Waals surface area contributed by atoms with Crippen LogP contribution in [0.1, 0.15) is 25.0 Å². The van der Waals surface area contributed by atoms with Crippen molar-refractivity contribution in [1.29, 1.82) is 0 Å². The van der Waals surface area contributed by atoms with E-state index in [2.05, 4.69) is 41.0 Å². The fourth-order valence-electron chi connectivity index (χ4n) is 2.25. The predicted molar refractivity (Wildman–Crippen MR) is 86.0 cm³/mol. The van der Waals surface area contributed by atoms with Crippen LogP contribution in [-0.4, -0.2) is 33.7 Å². The highest BCUT2D eigenvalue weighted by atomic mass is 15.3. The van der Waals surface area contributed by atoms with Gasteiger partial charge in [-0.1, -0.05) is 24.3 Å². The molecule has 5 nitrogen and oxygen atoms in total. The van der Waals surface area contributed by atoms with Gasteiger partial charge in [0.05, 0.1) is 13.1 Å². The average molecular weight is 285 g/mol. The first-order valence-electron chi connectivity index (χ1n) is 7.33. The predicted octanol–water partition coefficient (Wildman–Crippen LogP) is 2.09. The zero-order valence-electron chi connectivity index (χ0n) is 12.7. The van der Waals surface area contributed by atoms with Crippen molar-refractivity contribution in [3.63, 3.8) is 0 Å². The lowest BCUT2D eigenvalue weighted by molar-refractivity contribution is 0.458. The topological polar surface area (TPSA) is 59.4 Å². The summed E-state index contributed by atoms with van der Waals surface area (Å²) < 4.78 is 1.91. The molecule has 0 fully saturated rings. The van der Waals surface area contributed by atoms with Crippen LogP contribution < -0.4 is 5.73 Å². The van der Waals surface area contributed by atoms with E-state index in [4.69, 9.17) is 5.73 Å². The third-order valence-electron chi connectivity index (χ3n) is 3.51. The van der Waals surface area contributed by atoms with Crippen molar-refractivity contribution in [2.45, 2.75) is 26.9 Å². The summed E-state index contributed by atoms with van der Waals surface area (Å²) >= 11 is 0. The molecule has 0 aliphatic heterocycles. The molecule has 0 spiro atoms.